The van der Waals surface area contributed by atoms with E-state index >= 15 is 0 Å². The molecular formula is C28H31FN2O4S. The quantitative estimate of drug-likeness (QED) is 0.318. The van der Waals surface area contributed by atoms with Crippen molar-refractivity contribution in [1.29, 1.82) is 0 Å². The van der Waals surface area contributed by atoms with Crippen LogP contribution in [0.4, 0.5) is 4.39 Å². The lowest BCUT2D eigenvalue weighted by Crippen LogP contribution is -2.43. The lowest BCUT2D eigenvalue weighted by atomic mass is 10.1. The van der Waals surface area contributed by atoms with Crippen LogP contribution in [0.2, 0.25) is 0 Å². The molecular weight excluding hydrogens is 479 g/mol. The van der Waals surface area contributed by atoms with Crippen molar-refractivity contribution in [2.75, 3.05) is 33.9 Å². The number of carbonyl (C=O) groups excluding carboxylic acids is 2. The molecule has 0 aliphatic rings. The number of hydrogen-bond acceptors (Lipinski definition) is 5. The van der Waals surface area contributed by atoms with Gasteiger partial charge in [-0.2, -0.15) is 0 Å². The SMILES string of the molecule is C=CCN(CC(=O)N(CCc1ccc(OC)c(OC)c1)Cc1sccc1C)C(=O)c1ccccc1F. The van der Waals surface area contributed by atoms with Crippen LogP contribution < -0.4 is 9.47 Å². The van der Waals surface area contributed by atoms with E-state index in [1.807, 2.05) is 36.6 Å². The highest BCUT2D eigenvalue weighted by Crippen LogP contribution is 2.28. The summed E-state index contributed by atoms with van der Waals surface area (Å²) in [6.07, 6.45) is 2.11. The van der Waals surface area contributed by atoms with Gasteiger partial charge in [-0.05, 0) is 60.2 Å². The summed E-state index contributed by atoms with van der Waals surface area (Å²) in [4.78, 5) is 30.7. The molecule has 0 aliphatic heterocycles. The average molecular weight is 511 g/mol. The van der Waals surface area contributed by atoms with Gasteiger partial charge in [-0.1, -0.05) is 24.3 Å². The van der Waals surface area contributed by atoms with Gasteiger partial charge in [0.1, 0.15) is 12.4 Å². The van der Waals surface area contributed by atoms with Crippen LogP contribution in [0.3, 0.4) is 0 Å². The summed E-state index contributed by atoms with van der Waals surface area (Å²) in [6, 6.07) is 13.5. The number of thiophene rings is 1. The molecule has 0 atom stereocenters. The van der Waals surface area contributed by atoms with Gasteiger partial charge < -0.3 is 19.3 Å². The van der Waals surface area contributed by atoms with Crippen LogP contribution in [-0.2, 0) is 17.8 Å². The fraction of sp³-hybridized carbons (Fsp3) is 0.286. The van der Waals surface area contributed by atoms with Gasteiger partial charge in [0, 0.05) is 18.0 Å². The first-order valence-electron chi connectivity index (χ1n) is 11.5. The van der Waals surface area contributed by atoms with Crippen molar-refractivity contribution >= 4 is 23.2 Å². The van der Waals surface area contributed by atoms with E-state index in [1.54, 1.807) is 36.5 Å². The van der Waals surface area contributed by atoms with Crippen molar-refractivity contribution in [3.8, 4) is 11.5 Å². The fourth-order valence-corrected chi connectivity index (χ4v) is 4.70. The molecule has 0 aliphatic carbocycles. The van der Waals surface area contributed by atoms with E-state index in [4.69, 9.17) is 9.47 Å². The van der Waals surface area contributed by atoms with Crippen molar-refractivity contribution in [2.45, 2.75) is 19.9 Å². The van der Waals surface area contributed by atoms with Crippen LogP contribution in [-0.4, -0.2) is 55.5 Å². The van der Waals surface area contributed by atoms with E-state index in [1.165, 1.54) is 29.2 Å². The molecule has 190 valence electrons. The summed E-state index contributed by atoms with van der Waals surface area (Å²) in [7, 11) is 3.16. The zero-order valence-electron chi connectivity index (χ0n) is 20.8. The summed E-state index contributed by atoms with van der Waals surface area (Å²) in [5.41, 5.74) is 2.02. The number of aryl methyl sites for hydroxylation is 1. The minimum atomic E-state index is -0.622. The van der Waals surface area contributed by atoms with Crippen LogP contribution in [0.1, 0.15) is 26.4 Å². The van der Waals surface area contributed by atoms with Gasteiger partial charge in [0.2, 0.25) is 5.91 Å². The standard InChI is InChI=1S/C28H31FN2O4S/c1-5-14-31(28(33)22-8-6-7-9-23(22)29)19-27(32)30(18-26-20(2)13-16-36-26)15-12-21-10-11-24(34-3)25(17-21)35-4/h5-11,13,16-17H,1,12,14-15,18-19H2,2-4H3. The van der Waals surface area contributed by atoms with E-state index in [9.17, 15) is 14.0 Å². The molecule has 8 heteroatoms. The van der Waals surface area contributed by atoms with Crippen LogP contribution in [0.15, 0.2) is 66.6 Å². The summed E-state index contributed by atoms with van der Waals surface area (Å²) in [5.74, 6) is -0.142. The Morgan fingerprint density at radius 1 is 1.06 bits per heavy atom. The highest BCUT2D eigenvalue weighted by atomic mass is 32.1. The molecule has 1 aromatic heterocycles. The summed E-state index contributed by atoms with van der Waals surface area (Å²) in [6.45, 7) is 6.50. The van der Waals surface area contributed by atoms with Gasteiger partial charge in [-0.25, -0.2) is 4.39 Å². The Hall–Kier alpha value is -3.65. The van der Waals surface area contributed by atoms with E-state index in [0.29, 0.717) is 31.0 Å². The van der Waals surface area contributed by atoms with Crippen LogP contribution >= 0.6 is 11.3 Å². The Bertz CT molecular complexity index is 1210. The number of carbonyl (C=O) groups is 2. The third-order valence-corrected chi connectivity index (χ3v) is 6.85. The number of methoxy groups -OCH3 is 2. The normalized spacial score (nSPS) is 10.6. The van der Waals surface area contributed by atoms with E-state index in [0.717, 1.165) is 16.0 Å². The second kappa shape index (κ2) is 12.9. The first kappa shape index (κ1) is 26.9. The van der Waals surface area contributed by atoms with Gasteiger partial charge in [-0.15, -0.1) is 17.9 Å². The molecule has 0 saturated carbocycles. The van der Waals surface area contributed by atoms with E-state index in [2.05, 4.69) is 6.58 Å². The largest absolute Gasteiger partial charge is 0.493 e. The Kier molecular flexibility index (Phi) is 9.64. The van der Waals surface area contributed by atoms with Crippen molar-refractivity contribution < 1.29 is 23.5 Å². The van der Waals surface area contributed by atoms with Crippen molar-refractivity contribution in [1.82, 2.24) is 9.80 Å². The van der Waals surface area contributed by atoms with Gasteiger partial charge in [0.15, 0.2) is 11.5 Å². The van der Waals surface area contributed by atoms with Crippen LogP contribution in [0.25, 0.3) is 0 Å². The highest BCUT2D eigenvalue weighted by molar-refractivity contribution is 7.10. The maximum Gasteiger partial charge on any atom is 0.257 e. The molecule has 0 saturated heterocycles. The molecule has 36 heavy (non-hydrogen) atoms. The first-order valence-corrected chi connectivity index (χ1v) is 12.4. The van der Waals surface area contributed by atoms with Crippen molar-refractivity contribution in [3.05, 3.63) is 94.0 Å². The van der Waals surface area contributed by atoms with Crippen molar-refractivity contribution in [3.63, 3.8) is 0 Å². The zero-order valence-corrected chi connectivity index (χ0v) is 21.6. The zero-order chi connectivity index (χ0) is 26.1. The molecule has 0 fully saturated rings. The Morgan fingerprint density at radius 2 is 1.81 bits per heavy atom. The number of nitrogens with zero attached hydrogens (tertiary/aromatic N) is 2. The minimum Gasteiger partial charge on any atom is -0.493 e. The lowest BCUT2D eigenvalue weighted by molar-refractivity contribution is -0.132. The fourth-order valence-electron chi connectivity index (χ4n) is 3.77. The molecule has 1 heterocycles. The molecule has 0 unspecified atom stereocenters. The molecule has 0 bridgehead atoms. The molecule has 2 aromatic carbocycles. The van der Waals surface area contributed by atoms with E-state index < -0.39 is 11.7 Å². The molecule has 6 nitrogen and oxygen atoms in total. The molecule has 2 amide bonds. The van der Waals surface area contributed by atoms with Crippen molar-refractivity contribution in [2.24, 2.45) is 0 Å². The number of rotatable bonds is 12. The number of amides is 2. The van der Waals surface area contributed by atoms with Crippen LogP contribution in [0, 0.1) is 12.7 Å². The van der Waals surface area contributed by atoms with Gasteiger partial charge in [0.25, 0.3) is 5.91 Å². The third-order valence-electron chi connectivity index (χ3n) is 5.84. The Balaban J connectivity index is 1.80. The topological polar surface area (TPSA) is 59.1 Å². The monoisotopic (exact) mass is 510 g/mol. The molecule has 3 rings (SSSR count). The predicted octanol–water partition coefficient (Wildman–Crippen LogP) is 5.11. The second-order valence-electron chi connectivity index (χ2n) is 8.24. The summed E-state index contributed by atoms with van der Waals surface area (Å²) >= 11 is 1.59. The van der Waals surface area contributed by atoms with Gasteiger partial charge >= 0.3 is 0 Å². The molecule has 3 aromatic rings. The second-order valence-corrected chi connectivity index (χ2v) is 9.24. The predicted molar refractivity (Wildman–Crippen MR) is 140 cm³/mol. The molecule has 0 spiro atoms. The van der Waals surface area contributed by atoms with Gasteiger partial charge in [0.05, 0.1) is 26.3 Å². The van der Waals surface area contributed by atoms with Crippen LogP contribution in [0.5, 0.6) is 11.5 Å². The smallest absolute Gasteiger partial charge is 0.257 e. The number of benzene rings is 2. The Labute approximate surface area is 215 Å². The number of hydrogen-bond donors (Lipinski definition) is 0. The average Bonchev–Trinajstić information content (AvgIpc) is 3.29. The highest BCUT2D eigenvalue weighted by Gasteiger charge is 2.24. The van der Waals surface area contributed by atoms with E-state index in [-0.39, 0.29) is 24.6 Å². The lowest BCUT2D eigenvalue weighted by Gasteiger charge is -2.27. The maximum atomic E-state index is 14.3. The Morgan fingerprint density at radius 3 is 2.44 bits per heavy atom. The summed E-state index contributed by atoms with van der Waals surface area (Å²) < 4.78 is 25.0. The molecule has 0 N–H and O–H groups in total. The summed E-state index contributed by atoms with van der Waals surface area (Å²) in [5, 5.41) is 1.99. The minimum absolute atomic E-state index is 0.0712. The maximum absolute atomic E-state index is 14.3. The first-order chi connectivity index (χ1) is 17.4. The number of halogens is 1. The third kappa shape index (κ3) is 6.73. The molecule has 0 radical (unpaired) electrons. The van der Waals surface area contributed by atoms with Gasteiger partial charge in [-0.3, -0.25) is 9.59 Å². The number of ether oxygens (including phenoxy) is 2.